The molecule has 0 saturated carbocycles. The minimum absolute atomic E-state index is 0. The van der Waals surface area contributed by atoms with Crippen LogP contribution in [0, 0.1) is 0 Å². The zero-order valence-corrected chi connectivity index (χ0v) is 15.0. The molecule has 0 saturated heterocycles. The molecule has 23 heavy (non-hydrogen) atoms. The van der Waals surface area contributed by atoms with Crippen molar-refractivity contribution in [1.82, 2.24) is 0 Å². The molecule has 0 N–H and O–H groups in total. The molecule has 3 heteroatoms. The lowest BCUT2D eigenvalue weighted by Gasteiger charge is -2.18. The van der Waals surface area contributed by atoms with E-state index in [4.69, 9.17) is 0 Å². The predicted molar refractivity (Wildman–Crippen MR) is 98.1 cm³/mol. The van der Waals surface area contributed by atoms with Crippen LogP contribution < -0.4 is 28.3 Å². The van der Waals surface area contributed by atoms with Crippen molar-refractivity contribution in [1.29, 1.82) is 0 Å². The van der Waals surface area contributed by atoms with Crippen LogP contribution >= 0.6 is 7.92 Å². The Hall–Kier alpha value is -1.66. The number of methoxy groups -OCH3 is 1. The third-order valence-electron chi connectivity index (χ3n) is 3.04. The fraction of sp³-hybridized carbons (Fsp3) is 0.100. The molecule has 0 aliphatic carbocycles. The van der Waals surface area contributed by atoms with Crippen molar-refractivity contribution in [3.63, 3.8) is 0 Å². The Morgan fingerprint density at radius 2 is 0.739 bits per heavy atom. The highest BCUT2D eigenvalue weighted by molar-refractivity contribution is 7.79. The van der Waals surface area contributed by atoms with Crippen LogP contribution in [0.5, 0.6) is 0 Å². The second-order valence-corrected chi connectivity index (χ2v) is 6.97. The van der Waals surface area contributed by atoms with E-state index in [1.165, 1.54) is 15.9 Å². The first-order valence-electron chi connectivity index (χ1n) is 7.22. The van der Waals surface area contributed by atoms with Crippen molar-refractivity contribution in [2.24, 2.45) is 0 Å². The molecule has 0 aliphatic heterocycles. The lowest BCUT2D eigenvalue weighted by Crippen LogP contribution is -3.00. The van der Waals surface area contributed by atoms with Gasteiger partial charge in [-0.1, -0.05) is 91.0 Å². The van der Waals surface area contributed by atoms with E-state index in [1.54, 1.807) is 14.2 Å². The largest absolute Gasteiger partial charge is 1.00 e. The lowest BCUT2D eigenvalue weighted by atomic mass is 10.4. The van der Waals surface area contributed by atoms with Gasteiger partial charge < -0.3 is 17.1 Å². The van der Waals surface area contributed by atoms with Crippen LogP contribution in [0.3, 0.4) is 0 Å². The molecule has 0 spiro atoms. The molecular formula is C20H21ClOP-. The number of rotatable bonds is 3. The first-order chi connectivity index (χ1) is 10.9. The maximum Gasteiger partial charge on any atom is 0.0351 e. The van der Waals surface area contributed by atoms with Crippen LogP contribution in [-0.4, -0.2) is 14.2 Å². The van der Waals surface area contributed by atoms with Gasteiger partial charge in [0, 0.05) is 14.2 Å². The van der Waals surface area contributed by atoms with Crippen molar-refractivity contribution in [3.05, 3.63) is 91.0 Å². The highest BCUT2D eigenvalue weighted by atomic mass is 35.5. The Bertz CT molecular complexity index is 550. The summed E-state index contributed by atoms with van der Waals surface area (Å²) in [6.45, 7) is 0. The molecule has 3 rings (SSSR count). The van der Waals surface area contributed by atoms with Gasteiger partial charge in [-0.15, -0.1) is 0 Å². The minimum atomic E-state index is -0.446. The maximum atomic E-state index is 4.25. The normalized spacial score (nSPS) is 9.52. The SMILES string of the molecule is COC.[Cl-].c1ccc(P(c2ccccc2)c2ccccc2)cc1. The Balaban J connectivity index is 0.000000615. The maximum absolute atomic E-state index is 4.25. The van der Waals surface area contributed by atoms with Crippen LogP contribution in [0.4, 0.5) is 0 Å². The van der Waals surface area contributed by atoms with Crippen LogP contribution in [0.15, 0.2) is 91.0 Å². The van der Waals surface area contributed by atoms with Crippen molar-refractivity contribution < 1.29 is 17.1 Å². The van der Waals surface area contributed by atoms with Crippen LogP contribution in [0.2, 0.25) is 0 Å². The number of benzene rings is 3. The summed E-state index contributed by atoms with van der Waals surface area (Å²) in [5.74, 6) is 0. The highest BCUT2D eigenvalue weighted by Gasteiger charge is 2.14. The molecule has 1 nitrogen and oxygen atoms in total. The fourth-order valence-electron chi connectivity index (χ4n) is 2.18. The number of halogens is 1. The van der Waals surface area contributed by atoms with Gasteiger partial charge in [0.15, 0.2) is 0 Å². The molecular weight excluding hydrogens is 323 g/mol. The highest BCUT2D eigenvalue weighted by Crippen LogP contribution is 2.32. The number of hydrogen-bond donors (Lipinski definition) is 0. The quantitative estimate of drug-likeness (QED) is 0.637. The van der Waals surface area contributed by atoms with E-state index >= 15 is 0 Å². The molecule has 3 aromatic carbocycles. The standard InChI is InChI=1S/C18H15P.C2H6O.ClH/c1-4-10-16(11-5-1)19(17-12-6-2-7-13-17)18-14-8-3-9-15-18;1-3-2;/h1-15H;1-2H3;1H/p-1. The molecule has 0 fully saturated rings. The van der Waals surface area contributed by atoms with Crippen molar-refractivity contribution >= 4 is 23.8 Å². The minimum Gasteiger partial charge on any atom is -1.00 e. The smallest absolute Gasteiger partial charge is 0.0351 e. The Morgan fingerprint density at radius 1 is 0.522 bits per heavy atom. The third kappa shape index (κ3) is 5.80. The second kappa shape index (κ2) is 11.0. The summed E-state index contributed by atoms with van der Waals surface area (Å²) in [5.41, 5.74) is 0. The molecule has 0 heterocycles. The molecule has 0 unspecified atom stereocenters. The molecule has 0 amide bonds. The zero-order chi connectivity index (χ0) is 15.6. The van der Waals surface area contributed by atoms with Gasteiger partial charge in [-0.25, -0.2) is 0 Å². The first kappa shape index (κ1) is 19.4. The Morgan fingerprint density at radius 3 is 0.957 bits per heavy atom. The molecule has 3 aromatic rings. The third-order valence-corrected chi connectivity index (χ3v) is 5.49. The topological polar surface area (TPSA) is 9.23 Å². The number of ether oxygens (including phenoxy) is 1. The van der Waals surface area contributed by atoms with E-state index in [0.717, 1.165) is 0 Å². The van der Waals surface area contributed by atoms with E-state index in [1.807, 2.05) is 0 Å². The van der Waals surface area contributed by atoms with Gasteiger partial charge in [-0.3, -0.25) is 0 Å². The molecule has 0 atom stereocenters. The second-order valence-electron chi connectivity index (χ2n) is 4.75. The Labute approximate surface area is 146 Å². The average Bonchev–Trinajstić information content (AvgIpc) is 2.59. The van der Waals surface area contributed by atoms with E-state index in [0.29, 0.717) is 0 Å². The van der Waals surface area contributed by atoms with Crippen molar-refractivity contribution in [3.8, 4) is 0 Å². The zero-order valence-electron chi connectivity index (χ0n) is 13.4. The Kier molecular flexibility index (Phi) is 9.24. The molecule has 0 aromatic heterocycles. The summed E-state index contributed by atoms with van der Waals surface area (Å²) in [4.78, 5) is 0. The van der Waals surface area contributed by atoms with E-state index in [-0.39, 0.29) is 12.4 Å². The van der Waals surface area contributed by atoms with Gasteiger partial charge in [0.05, 0.1) is 0 Å². The molecule has 0 aliphatic rings. The van der Waals surface area contributed by atoms with Crippen molar-refractivity contribution in [2.75, 3.05) is 14.2 Å². The van der Waals surface area contributed by atoms with Crippen LogP contribution in [-0.2, 0) is 4.74 Å². The molecule has 120 valence electrons. The number of hydrogen-bond acceptors (Lipinski definition) is 1. The van der Waals surface area contributed by atoms with E-state index < -0.39 is 7.92 Å². The summed E-state index contributed by atoms with van der Waals surface area (Å²) in [6, 6.07) is 32.3. The molecule has 0 radical (unpaired) electrons. The fourth-order valence-corrected chi connectivity index (χ4v) is 4.48. The van der Waals surface area contributed by atoms with Gasteiger partial charge in [0.25, 0.3) is 0 Å². The lowest BCUT2D eigenvalue weighted by molar-refractivity contribution is -0.00000451. The first-order valence-corrected chi connectivity index (χ1v) is 8.56. The summed E-state index contributed by atoms with van der Waals surface area (Å²) >= 11 is 0. The monoisotopic (exact) mass is 343 g/mol. The van der Waals surface area contributed by atoms with Gasteiger partial charge >= 0.3 is 0 Å². The van der Waals surface area contributed by atoms with Gasteiger partial charge in [0.1, 0.15) is 0 Å². The van der Waals surface area contributed by atoms with Crippen LogP contribution in [0.1, 0.15) is 0 Å². The summed E-state index contributed by atoms with van der Waals surface area (Å²) in [5, 5.41) is 4.19. The summed E-state index contributed by atoms with van der Waals surface area (Å²) in [6.07, 6.45) is 0. The summed E-state index contributed by atoms with van der Waals surface area (Å²) in [7, 11) is 2.80. The van der Waals surface area contributed by atoms with Crippen LogP contribution in [0.25, 0.3) is 0 Å². The molecule has 0 bridgehead atoms. The van der Waals surface area contributed by atoms with E-state index in [9.17, 15) is 0 Å². The predicted octanol–water partition coefficient (Wildman–Crippen LogP) is 0.711. The van der Waals surface area contributed by atoms with Gasteiger partial charge in [-0.05, 0) is 23.8 Å². The summed E-state index contributed by atoms with van der Waals surface area (Å²) < 4.78 is 4.25. The van der Waals surface area contributed by atoms with Crippen molar-refractivity contribution in [2.45, 2.75) is 0 Å². The van der Waals surface area contributed by atoms with E-state index in [2.05, 4.69) is 95.7 Å². The van der Waals surface area contributed by atoms with Gasteiger partial charge in [0.2, 0.25) is 0 Å². The van der Waals surface area contributed by atoms with Gasteiger partial charge in [-0.2, -0.15) is 0 Å². The average molecular weight is 344 g/mol.